The Labute approximate surface area is 165 Å². The van der Waals surface area contributed by atoms with Gasteiger partial charge in [-0.3, -0.25) is 9.59 Å². The third-order valence-corrected chi connectivity index (χ3v) is 4.29. The third kappa shape index (κ3) is 4.34. The van der Waals surface area contributed by atoms with Crippen molar-refractivity contribution in [3.63, 3.8) is 0 Å². The molecule has 152 valence electrons. The zero-order valence-corrected chi connectivity index (χ0v) is 15.1. The van der Waals surface area contributed by atoms with Gasteiger partial charge in [-0.1, -0.05) is 11.6 Å². The lowest BCUT2D eigenvalue weighted by atomic mass is 10.1. The molecule has 0 saturated carbocycles. The number of carbonyl (C=O) groups is 1. The number of aliphatic carboxylic acids is 1. The number of alkyl halides is 3. The van der Waals surface area contributed by atoms with Gasteiger partial charge >= 0.3 is 12.1 Å². The van der Waals surface area contributed by atoms with Crippen molar-refractivity contribution in [3.05, 3.63) is 63.0 Å². The average molecular weight is 431 g/mol. The van der Waals surface area contributed by atoms with Gasteiger partial charge in [0.25, 0.3) is 0 Å². The van der Waals surface area contributed by atoms with Gasteiger partial charge in [0.2, 0.25) is 0 Å². The van der Waals surface area contributed by atoms with Gasteiger partial charge in [-0.05, 0) is 30.3 Å². The lowest BCUT2D eigenvalue weighted by Crippen LogP contribution is -2.09. The van der Waals surface area contributed by atoms with Crippen molar-refractivity contribution in [3.8, 4) is 17.1 Å². The van der Waals surface area contributed by atoms with Crippen molar-refractivity contribution in [1.82, 2.24) is 0 Å². The van der Waals surface area contributed by atoms with Crippen molar-refractivity contribution in [2.75, 3.05) is 6.61 Å². The molecule has 3 rings (SSSR count). The summed E-state index contributed by atoms with van der Waals surface area (Å²) in [7, 11) is 0. The summed E-state index contributed by atoms with van der Waals surface area (Å²) in [6, 6.07) is 5.58. The molecular formula is C19H11ClF4O5. The van der Waals surface area contributed by atoms with Crippen molar-refractivity contribution < 1.29 is 36.6 Å². The first-order chi connectivity index (χ1) is 13.6. The smallest absolute Gasteiger partial charge is 0.416 e. The molecule has 0 radical (unpaired) electrons. The molecule has 1 N–H and O–H groups in total. The number of halogens is 5. The lowest BCUT2D eigenvalue weighted by molar-refractivity contribution is -0.139. The van der Waals surface area contributed by atoms with Crippen LogP contribution in [0.1, 0.15) is 12.0 Å². The maximum Gasteiger partial charge on any atom is 0.416 e. The average Bonchev–Trinajstić information content (AvgIpc) is 2.63. The SMILES string of the molecule is O=C(O)CCOc1cc(C(F)(F)F)ccc1-c1cc(=O)c2ccc(F)c(Cl)c2o1. The molecule has 0 saturated heterocycles. The Hall–Kier alpha value is -3.07. The van der Waals surface area contributed by atoms with Crippen LogP contribution in [0.4, 0.5) is 17.6 Å². The van der Waals surface area contributed by atoms with Crippen LogP contribution >= 0.6 is 11.6 Å². The summed E-state index contributed by atoms with van der Waals surface area (Å²) in [6.45, 7) is -0.420. The Bertz CT molecular complexity index is 1150. The molecule has 0 bridgehead atoms. The van der Waals surface area contributed by atoms with Crippen LogP contribution in [-0.4, -0.2) is 17.7 Å². The van der Waals surface area contributed by atoms with E-state index in [1.165, 1.54) is 6.07 Å². The minimum absolute atomic E-state index is 0.0135. The Morgan fingerprint density at radius 2 is 1.90 bits per heavy atom. The van der Waals surface area contributed by atoms with Crippen LogP contribution < -0.4 is 10.2 Å². The van der Waals surface area contributed by atoms with Gasteiger partial charge in [0.05, 0.1) is 29.5 Å². The third-order valence-electron chi connectivity index (χ3n) is 3.94. The van der Waals surface area contributed by atoms with Gasteiger partial charge in [0.15, 0.2) is 11.0 Å². The minimum atomic E-state index is -4.68. The van der Waals surface area contributed by atoms with Crippen LogP contribution in [0.25, 0.3) is 22.3 Å². The highest BCUT2D eigenvalue weighted by atomic mass is 35.5. The fourth-order valence-corrected chi connectivity index (χ4v) is 2.77. The zero-order valence-electron chi connectivity index (χ0n) is 14.3. The van der Waals surface area contributed by atoms with E-state index in [2.05, 4.69) is 0 Å². The topological polar surface area (TPSA) is 76.7 Å². The summed E-state index contributed by atoms with van der Waals surface area (Å²) in [5, 5.41) is 8.23. The van der Waals surface area contributed by atoms with Crippen LogP contribution in [0.5, 0.6) is 5.75 Å². The number of rotatable bonds is 5. The predicted molar refractivity (Wildman–Crippen MR) is 95.6 cm³/mol. The molecular weight excluding hydrogens is 420 g/mol. The first-order valence-corrected chi connectivity index (χ1v) is 8.44. The van der Waals surface area contributed by atoms with Crippen molar-refractivity contribution >= 4 is 28.5 Å². The van der Waals surface area contributed by atoms with Crippen molar-refractivity contribution in [2.24, 2.45) is 0 Å². The second-order valence-electron chi connectivity index (χ2n) is 5.91. The van der Waals surface area contributed by atoms with E-state index in [9.17, 15) is 27.2 Å². The van der Waals surface area contributed by atoms with Gasteiger partial charge < -0.3 is 14.3 Å². The standard InChI is InChI=1S/C19H11ClF4O5/c20-17-12(21)4-3-10-13(25)8-15(29-18(10)17)11-2-1-9(19(22,23)24)7-14(11)28-6-5-16(26)27/h1-4,7-8H,5-6H2,(H,26,27). The largest absolute Gasteiger partial charge is 0.492 e. The molecule has 1 aromatic heterocycles. The zero-order chi connectivity index (χ0) is 21.3. The number of hydrogen-bond acceptors (Lipinski definition) is 4. The molecule has 0 aliphatic rings. The maximum absolute atomic E-state index is 13.7. The highest BCUT2D eigenvalue weighted by molar-refractivity contribution is 6.34. The predicted octanol–water partition coefficient (Wildman–Crippen LogP) is 5.12. The molecule has 0 spiro atoms. The molecule has 0 unspecified atom stereocenters. The Morgan fingerprint density at radius 3 is 2.55 bits per heavy atom. The van der Waals surface area contributed by atoms with E-state index in [1.807, 2.05) is 0 Å². The first kappa shape index (κ1) is 20.7. The molecule has 0 fully saturated rings. The highest BCUT2D eigenvalue weighted by Gasteiger charge is 2.31. The number of benzene rings is 2. The molecule has 3 aromatic rings. The van der Waals surface area contributed by atoms with Crippen molar-refractivity contribution in [1.29, 1.82) is 0 Å². The Balaban J connectivity index is 2.17. The summed E-state index contributed by atoms with van der Waals surface area (Å²) in [4.78, 5) is 23.0. The van der Waals surface area contributed by atoms with Crippen LogP contribution in [0, 0.1) is 5.82 Å². The van der Waals surface area contributed by atoms with E-state index >= 15 is 0 Å². The fourth-order valence-electron chi connectivity index (χ4n) is 2.56. The normalized spacial score (nSPS) is 11.6. The summed E-state index contributed by atoms with van der Waals surface area (Å²) in [5.74, 6) is -2.62. The van der Waals surface area contributed by atoms with Crippen LogP contribution in [-0.2, 0) is 11.0 Å². The van der Waals surface area contributed by atoms with Gasteiger partial charge in [0.1, 0.15) is 22.3 Å². The molecule has 0 atom stereocenters. The monoisotopic (exact) mass is 430 g/mol. The van der Waals surface area contributed by atoms with Gasteiger partial charge in [-0.25, -0.2) is 4.39 Å². The van der Waals surface area contributed by atoms with E-state index in [0.717, 1.165) is 24.3 Å². The second-order valence-corrected chi connectivity index (χ2v) is 6.29. The van der Waals surface area contributed by atoms with Crippen molar-refractivity contribution in [2.45, 2.75) is 12.6 Å². The molecule has 5 nitrogen and oxygen atoms in total. The van der Waals surface area contributed by atoms with Crippen LogP contribution in [0.3, 0.4) is 0 Å². The van der Waals surface area contributed by atoms with Crippen LogP contribution in [0.2, 0.25) is 5.02 Å². The lowest BCUT2D eigenvalue weighted by Gasteiger charge is -2.14. The molecule has 29 heavy (non-hydrogen) atoms. The fraction of sp³-hybridized carbons (Fsp3) is 0.158. The molecule has 2 aromatic carbocycles. The first-order valence-electron chi connectivity index (χ1n) is 8.06. The Kier molecular flexibility index (Phi) is 5.52. The summed E-state index contributed by atoms with van der Waals surface area (Å²) < 4.78 is 63.5. The quantitative estimate of drug-likeness (QED) is 0.568. The summed E-state index contributed by atoms with van der Waals surface area (Å²) in [5.41, 5.74) is -1.97. The van der Waals surface area contributed by atoms with Gasteiger partial charge in [-0.2, -0.15) is 13.2 Å². The van der Waals surface area contributed by atoms with Crippen LogP contribution in [0.15, 0.2) is 45.6 Å². The Morgan fingerprint density at radius 1 is 1.17 bits per heavy atom. The van der Waals surface area contributed by atoms with E-state index in [0.29, 0.717) is 6.07 Å². The highest BCUT2D eigenvalue weighted by Crippen LogP contribution is 2.38. The molecule has 0 amide bonds. The van der Waals surface area contributed by atoms with E-state index in [1.54, 1.807) is 0 Å². The van der Waals surface area contributed by atoms with E-state index in [4.69, 9.17) is 25.9 Å². The molecule has 1 heterocycles. The number of carboxylic acid groups (broad SMARTS) is 1. The molecule has 0 aliphatic carbocycles. The molecule has 10 heteroatoms. The maximum atomic E-state index is 13.7. The summed E-state index contributed by atoms with van der Waals surface area (Å²) >= 11 is 5.85. The number of ether oxygens (including phenoxy) is 1. The van der Waals surface area contributed by atoms with E-state index in [-0.39, 0.29) is 28.0 Å². The van der Waals surface area contributed by atoms with E-state index < -0.39 is 47.0 Å². The van der Waals surface area contributed by atoms with Gasteiger partial charge in [0, 0.05) is 6.07 Å². The number of carboxylic acids is 1. The van der Waals surface area contributed by atoms with Gasteiger partial charge in [-0.15, -0.1) is 0 Å². The summed E-state index contributed by atoms with van der Waals surface area (Å²) in [6.07, 6.45) is -5.14. The number of fused-ring (bicyclic) bond motifs is 1. The second kappa shape index (κ2) is 7.75. The number of hydrogen-bond donors (Lipinski definition) is 1. The molecule has 0 aliphatic heterocycles. The minimum Gasteiger partial charge on any atom is -0.492 e.